The largest absolute Gasteiger partial charge is 0.310 e. The Labute approximate surface area is 311 Å². The maximum absolute atomic E-state index is 2.49. The lowest BCUT2D eigenvalue weighted by molar-refractivity contribution is 1.19. The molecule has 0 aliphatic heterocycles. The predicted molar refractivity (Wildman–Crippen MR) is 229 cm³/mol. The van der Waals surface area contributed by atoms with Gasteiger partial charge in [0.15, 0.2) is 0 Å². The van der Waals surface area contributed by atoms with Gasteiger partial charge >= 0.3 is 0 Å². The summed E-state index contributed by atoms with van der Waals surface area (Å²) in [4.78, 5) is 2.45. The van der Waals surface area contributed by atoms with Crippen LogP contribution >= 0.6 is 11.3 Å². The lowest BCUT2D eigenvalue weighted by Gasteiger charge is -2.28. The minimum absolute atomic E-state index is 1.11. The first-order chi connectivity index (χ1) is 26.3. The molecule has 0 aliphatic carbocycles. The number of para-hydroxylation sites is 1. The second kappa shape index (κ2) is 11.9. The Hall–Kier alpha value is -6.68. The van der Waals surface area contributed by atoms with Gasteiger partial charge in [-0.1, -0.05) is 146 Å². The van der Waals surface area contributed by atoms with Gasteiger partial charge < -0.3 is 9.47 Å². The van der Waals surface area contributed by atoms with Gasteiger partial charge in [-0.15, -0.1) is 11.3 Å². The summed E-state index contributed by atoms with van der Waals surface area (Å²) >= 11 is 1.86. The molecule has 11 rings (SSSR count). The smallest absolute Gasteiger partial charge is 0.0619 e. The highest BCUT2D eigenvalue weighted by molar-refractivity contribution is 7.25. The highest BCUT2D eigenvalue weighted by atomic mass is 32.1. The minimum Gasteiger partial charge on any atom is -0.310 e. The van der Waals surface area contributed by atoms with E-state index in [0.29, 0.717) is 0 Å². The van der Waals surface area contributed by atoms with Crippen molar-refractivity contribution in [3.63, 3.8) is 0 Å². The van der Waals surface area contributed by atoms with Crippen molar-refractivity contribution in [1.82, 2.24) is 4.57 Å². The quantitative estimate of drug-likeness (QED) is 0.174. The predicted octanol–water partition coefficient (Wildman–Crippen LogP) is 14.6. The molecule has 2 heterocycles. The highest BCUT2D eigenvalue weighted by Crippen LogP contribution is 2.46. The molecule has 0 saturated carbocycles. The van der Waals surface area contributed by atoms with Crippen molar-refractivity contribution < 1.29 is 0 Å². The molecule has 0 spiro atoms. The molecule has 0 saturated heterocycles. The van der Waals surface area contributed by atoms with Crippen LogP contribution in [0.2, 0.25) is 0 Å². The van der Waals surface area contributed by atoms with Crippen LogP contribution in [0.5, 0.6) is 0 Å². The fourth-order valence-corrected chi connectivity index (χ4v) is 9.44. The third-order valence-electron chi connectivity index (χ3n) is 10.7. The molecule has 0 bridgehead atoms. The van der Waals surface area contributed by atoms with E-state index < -0.39 is 0 Å². The minimum atomic E-state index is 1.11. The Morgan fingerprint density at radius 1 is 0.396 bits per heavy atom. The number of rotatable bonds is 5. The Bertz CT molecular complexity index is 3190. The number of hydrogen-bond acceptors (Lipinski definition) is 2. The van der Waals surface area contributed by atoms with Crippen LogP contribution in [0.4, 0.5) is 17.1 Å². The number of fused-ring (bicyclic) bond motifs is 9. The number of anilines is 3. The SMILES string of the molecule is c1ccc(-c2ccccc2N(c2ccc3c(c2)sc2ccccc23)c2ccc3c4ccc5ccccc5c4n(-c4ccc5ccccc5c4)c3c2)cc1. The van der Waals surface area contributed by atoms with Gasteiger partial charge in [0, 0.05) is 59.0 Å². The second-order valence-corrected chi connectivity index (χ2v) is 14.8. The van der Waals surface area contributed by atoms with Crippen LogP contribution in [0.25, 0.3) is 80.3 Å². The van der Waals surface area contributed by atoms with E-state index in [1.807, 2.05) is 11.3 Å². The molecule has 0 unspecified atom stereocenters. The van der Waals surface area contributed by atoms with Crippen molar-refractivity contribution in [2.45, 2.75) is 0 Å². The normalized spacial score (nSPS) is 11.8. The van der Waals surface area contributed by atoms with Crippen molar-refractivity contribution >= 4 is 91.9 Å². The summed E-state index contributed by atoms with van der Waals surface area (Å²) in [5.41, 5.74) is 9.31. The molecule has 0 atom stereocenters. The molecule has 0 radical (unpaired) electrons. The maximum Gasteiger partial charge on any atom is 0.0619 e. The number of nitrogens with zero attached hydrogens (tertiary/aromatic N) is 2. The highest BCUT2D eigenvalue weighted by Gasteiger charge is 2.22. The fraction of sp³-hybridized carbons (Fsp3) is 0. The summed E-state index contributed by atoms with van der Waals surface area (Å²) in [6, 6.07) is 71.1. The summed E-state index contributed by atoms with van der Waals surface area (Å²) in [5.74, 6) is 0. The van der Waals surface area contributed by atoms with Crippen LogP contribution in [0.3, 0.4) is 0 Å². The van der Waals surface area contributed by atoms with Crippen LogP contribution in [-0.2, 0) is 0 Å². The average Bonchev–Trinajstić information content (AvgIpc) is 3.76. The summed E-state index contributed by atoms with van der Waals surface area (Å²) in [6.45, 7) is 0. The van der Waals surface area contributed by atoms with Crippen molar-refractivity contribution in [3.8, 4) is 16.8 Å². The first-order valence-electron chi connectivity index (χ1n) is 18.1. The molecule has 2 nitrogen and oxygen atoms in total. The molecule has 11 aromatic rings. The molecule has 53 heavy (non-hydrogen) atoms. The lowest BCUT2D eigenvalue weighted by atomic mass is 10.0. The molecule has 2 aromatic heterocycles. The third kappa shape index (κ3) is 4.78. The van der Waals surface area contributed by atoms with Gasteiger partial charge in [-0.3, -0.25) is 0 Å². The number of thiophene rings is 1. The molecule has 9 aromatic carbocycles. The van der Waals surface area contributed by atoms with E-state index in [-0.39, 0.29) is 0 Å². The number of aromatic nitrogens is 1. The van der Waals surface area contributed by atoms with Gasteiger partial charge in [-0.25, -0.2) is 0 Å². The van der Waals surface area contributed by atoms with E-state index in [4.69, 9.17) is 0 Å². The molecule has 0 fully saturated rings. The second-order valence-electron chi connectivity index (χ2n) is 13.7. The molecular weight excluding hydrogens is 661 g/mol. The fourth-order valence-electron chi connectivity index (χ4n) is 8.30. The molecule has 0 amide bonds. The van der Waals surface area contributed by atoms with Gasteiger partial charge in [-0.2, -0.15) is 0 Å². The van der Waals surface area contributed by atoms with Gasteiger partial charge in [0.25, 0.3) is 0 Å². The molecule has 0 N–H and O–H groups in total. The van der Waals surface area contributed by atoms with Crippen LogP contribution in [0.1, 0.15) is 0 Å². The standard InChI is InChI=1S/C50H32N2S/c1-2-13-34(14-3-1)40-17-8-10-20-46(40)51(39-26-29-44-43-19-9-11-21-48(43)53-49(44)32-39)38-25-28-42-45-27-23-35-15-6-7-18-41(35)50(45)52(47(42)31-38)37-24-22-33-12-4-5-16-36(33)30-37/h1-32H. The van der Waals surface area contributed by atoms with Gasteiger partial charge in [0.2, 0.25) is 0 Å². The Balaban J connectivity index is 1.22. The van der Waals surface area contributed by atoms with Crippen molar-refractivity contribution in [1.29, 1.82) is 0 Å². The van der Waals surface area contributed by atoms with E-state index in [2.05, 4.69) is 204 Å². The molecule has 3 heteroatoms. The van der Waals surface area contributed by atoms with Crippen molar-refractivity contribution in [2.75, 3.05) is 4.90 Å². The van der Waals surface area contributed by atoms with E-state index in [9.17, 15) is 0 Å². The number of benzene rings is 9. The summed E-state index contributed by atoms with van der Waals surface area (Å²) < 4.78 is 5.08. The zero-order valence-corrected chi connectivity index (χ0v) is 29.6. The van der Waals surface area contributed by atoms with E-state index in [1.54, 1.807) is 0 Å². The van der Waals surface area contributed by atoms with Crippen LogP contribution in [0, 0.1) is 0 Å². The van der Waals surface area contributed by atoms with Crippen LogP contribution < -0.4 is 4.90 Å². The van der Waals surface area contributed by atoms with Crippen molar-refractivity contribution in [3.05, 3.63) is 194 Å². The first-order valence-corrected chi connectivity index (χ1v) is 18.9. The van der Waals surface area contributed by atoms with E-state index in [1.165, 1.54) is 74.6 Å². The average molecular weight is 693 g/mol. The van der Waals surface area contributed by atoms with Gasteiger partial charge in [0.05, 0.1) is 16.7 Å². The van der Waals surface area contributed by atoms with Gasteiger partial charge in [-0.05, 0) is 70.3 Å². The Morgan fingerprint density at radius 2 is 1.04 bits per heavy atom. The first kappa shape index (κ1) is 30.0. The Morgan fingerprint density at radius 3 is 1.92 bits per heavy atom. The monoisotopic (exact) mass is 692 g/mol. The molecule has 0 aliphatic rings. The van der Waals surface area contributed by atoms with Crippen LogP contribution in [-0.4, -0.2) is 4.57 Å². The van der Waals surface area contributed by atoms with Crippen LogP contribution in [0.15, 0.2) is 194 Å². The zero-order chi connectivity index (χ0) is 34.9. The summed E-state index contributed by atoms with van der Waals surface area (Å²) in [7, 11) is 0. The van der Waals surface area contributed by atoms with E-state index >= 15 is 0 Å². The molecular formula is C50H32N2S. The van der Waals surface area contributed by atoms with Gasteiger partial charge in [0.1, 0.15) is 0 Å². The lowest BCUT2D eigenvalue weighted by Crippen LogP contribution is -2.11. The number of hydrogen-bond donors (Lipinski definition) is 0. The maximum atomic E-state index is 2.49. The molecule has 248 valence electrons. The Kier molecular flexibility index (Phi) is 6.76. The topological polar surface area (TPSA) is 8.17 Å². The summed E-state index contributed by atoms with van der Waals surface area (Å²) in [5, 5.41) is 10.0. The van der Waals surface area contributed by atoms with Crippen molar-refractivity contribution in [2.24, 2.45) is 0 Å². The summed E-state index contributed by atoms with van der Waals surface area (Å²) in [6.07, 6.45) is 0. The zero-order valence-electron chi connectivity index (χ0n) is 28.8. The third-order valence-corrected chi connectivity index (χ3v) is 11.9. The van der Waals surface area contributed by atoms with E-state index in [0.717, 1.165) is 22.7 Å².